The minimum absolute atomic E-state index is 0.0548. The Morgan fingerprint density at radius 2 is 2.07 bits per heavy atom. The van der Waals surface area contributed by atoms with Crippen molar-refractivity contribution in [1.29, 1.82) is 0 Å². The predicted octanol–water partition coefficient (Wildman–Crippen LogP) is 2.09. The summed E-state index contributed by atoms with van der Waals surface area (Å²) in [5.41, 5.74) is 1.93. The summed E-state index contributed by atoms with van der Waals surface area (Å²) < 4.78 is 5.12. The number of amides is 2. The van der Waals surface area contributed by atoms with Crippen LogP contribution in [0.15, 0.2) is 30.5 Å². The Labute approximate surface area is 166 Å². The normalized spacial score (nSPS) is 14.6. The van der Waals surface area contributed by atoms with Gasteiger partial charge in [0, 0.05) is 43.8 Å². The number of likely N-dealkylation sites (tertiary alicyclic amines) is 1. The lowest BCUT2D eigenvalue weighted by Crippen LogP contribution is -2.32. The molecule has 1 atom stereocenters. The summed E-state index contributed by atoms with van der Waals surface area (Å²) in [5.74, 6) is 0.949. The molecule has 146 valence electrons. The van der Waals surface area contributed by atoms with Crippen molar-refractivity contribution >= 4 is 42.5 Å². The van der Waals surface area contributed by atoms with Crippen molar-refractivity contribution in [3.05, 3.63) is 30.5 Å². The molecule has 1 aromatic carbocycles. The second-order valence-electron chi connectivity index (χ2n) is 6.83. The molecule has 2 heterocycles. The fourth-order valence-corrected chi connectivity index (χ4v) is 3.02. The number of nitrogens with one attached hydrogen (secondary N) is 3. The Morgan fingerprint density at radius 1 is 1.32 bits per heavy atom. The Balaban J connectivity index is 1.67. The molecule has 1 aromatic heterocycles. The molecular formula is C19H25BN6O2. The van der Waals surface area contributed by atoms with Crippen molar-refractivity contribution in [3.63, 3.8) is 0 Å². The standard InChI is InChI=1S/C19H25BN6O2/c1-13(12-28-2)22-17-16(20)11-21-18(25-17)23-14-6-5-7-15(10-14)24-19(27)26-8-3-4-9-26/h5-7,10-11,13H,3-4,8-9,12H2,1-2H3,(H,24,27)(H2,21,22,23,25). The first-order chi connectivity index (χ1) is 13.5. The van der Waals surface area contributed by atoms with Crippen molar-refractivity contribution in [1.82, 2.24) is 14.9 Å². The second-order valence-corrected chi connectivity index (χ2v) is 6.83. The van der Waals surface area contributed by atoms with E-state index in [1.54, 1.807) is 13.3 Å². The number of aromatic nitrogens is 2. The van der Waals surface area contributed by atoms with Crippen molar-refractivity contribution in [3.8, 4) is 0 Å². The molecule has 1 fully saturated rings. The zero-order valence-corrected chi connectivity index (χ0v) is 16.2. The topological polar surface area (TPSA) is 91.4 Å². The van der Waals surface area contributed by atoms with E-state index in [1.807, 2.05) is 36.1 Å². The Bertz CT molecular complexity index is 813. The van der Waals surface area contributed by atoms with Gasteiger partial charge in [-0.1, -0.05) is 6.07 Å². The quantitative estimate of drug-likeness (QED) is 0.638. The van der Waals surface area contributed by atoms with E-state index in [9.17, 15) is 4.79 Å². The van der Waals surface area contributed by atoms with Gasteiger partial charge < -0.3 is 25.6 Å². The van der Waals surface area contributed by atoms with E-state index < -0.39 is 0 Å². The molecule has 2 amide bonds. The van der Waals surface area contributed by atoms with Gasteiger partial charge in [0.15, 0.2) is 0 Å². The van der Waals surface area contributed by atoms with Gasteiger partial charge in [-0.15, -0.1) is 0 Å². The van der Waals surface area contributed by atoms with E-state index in [4.69, 9.17) is 12.6 Å². The lowest BCUT2D eigenvalue weighted by atomic mass is 9.99. The molecule has 1 unspecified atom stereocenters. The van der Waals surface area contributed by atoms with Gasteiger partial charge in [-0.2, -0.15) is 4.98 Å². The largest absolute Gasteiger partial charge is 0.383 e. The van der Waals surface area contributed by atoms with Crippen LogP contribution in [0, 0.1) is 0 Å². The number of nitrogens with zero attached hydrogens (tertiary/aromatic N) is 3. The van der Waals surface area contributed by atoms with Gasteiger partial charge in [-0.25, -0.2) is 9.78 Å². The molecule has 0 saturated carbocycles. The van der Waals surface area contributed by atoms with Crippen LogP contribution < -0.4 is 21.4 Å². The minimum atomic E-state index is -0.0722. The van der Waals surface area contributed by atoms with Crippen LogP contribution in [0.25, 0.3) is 0 Å². The molecule has 1 saturated heterocycles. The zero-order chi connectivity index (χ0) is 19.9. The number of hydrogen-bond donors (Lipinski definition) is 3. The molecule has 9 heteroatoms. The highest BCUT2D eigenvalue weighted by Gasteiger charge is 2.17. The summed E-state index contributed by atoms with van der Waals surface area (Å²) in [4.78, 5) is 22.7. The summed E-state index contributed by atoms with van der Waals surface area (Å²) in [5, 5.41) is 9.28. The first-order valence-electron chi connectivity index (χ1n) is 9.36. The van der Waals surface area contributed by atoms with Gasteiger partial charge in [0.1, 0.15) is 13.7 Å². The molecule has 1 aliphatic rings. The zero-order valence-electron chi connectivity index (χ0n) is 16.2. The van der Waals surface area contributed by atoms with Gasteiger partial charge in [-0.05, 0) is 43.4 Å². The number of hydrogen-bond acceptors (Lipinski definition) is 6. The first-order valence-corrected chi connectivity index (χ1v) is 9.36. The highest BCUT2D eigenvalue weighted by atomic mass is 16.5. The third kappa shape index (κ3) is 5.35. The van der Waals surface area contributed by atoms with Crippen LogP contribution in [-0.2, 0) is 4.74 Å². The van der Waals surface area contributed by atoms with E-state index in [2.05, 4.69) is 25.9 Å². The highest BCUT2D eigenvalue weighted by Crippen LogP contribution is 2.19. The molecule has 0 aliphatic carbocycles. The number of carbonyl (C=O) groups excluding carboxylic acids is 1. The van der Waals surface area contributed by atoms with Crippen LogP contribution in [0.4, 0.5) is 27.9 Å². The van der Waals surface area contributed by atoms with Crippen LogP contribution >= 0.6 is 0 Å². The number of methoxy groups -OCH3 is 1. The lowest BCUT2D eigenvalue weighted by molar-refractivity contribution is 0.190. The number of urea groups is 1. The van der Waals surface area contributed by atoms with Crippen molar-refractivity contribution < 1.29 is 9.53 Å². The van der Waals surface area contributed by atoms with Crippen LogP contribution in [0.1, 0.15) is 19.8 Å². The SMILES string of the molecule is [B]c1cnc(Nc2cccc(NC(=O)N3CCCC3)c2)nc1NC(C)COC. The number of rotatable bonds is 7. The Kier molecular flexibility index (Phi) is 6.70. The van der Waals surface area contributed by atoms with Gasteiger partial charge in [-0.3, -0.25) is 0 Å². The predicted molar refractivity (Wildman–Crippen MR) is 112 cm³/mol. The maximum Gasteiger partial charge on any atom is 0.321 e. The number of benzene rings is 1. The van der Waals surface area contributed by atoms with Gasteiger partial charge >= 0.3 is 6.03 Å². The average Bonchev–Trinajstić information content (AvgIpc) is 3.20. The fourth-order valence-electron chi connectivity index (χ4n) is 3.02. The average molecular weight is 380 g/mol. The third-order valence-corrected chi connectivity index (χ3v) is 4.38. The van der Waals surface area contributed by atoms with Crippen molar-refractivity contribution in [2.75, 3.05) is 42.8 Å². The van der Waals surface area contributed by atoms with Gasteiger partial charge in [0.2, 0.25) is 5.95 Å². The third-order valence-electron chi connectivity index (χ3n) is 4.38. The molecular weight excluding hydrogens is 355 g/mol. The molecule has 3 rings (SSSR count). The fraction of sp³-hybridized carbons (Fsp3) is 0.421. The lowest BCUT2D eigenvalue weighted by Gasteiger charge is -2.17. The van der Waals surface area contributed by atoms with Crippen LogP contribution in [0.5, 0.6) is 0 Å². The highest BCUT2D eigenvalue weighted by molar-refractivity contribution is 6.35. The molecule has 2 aromatic rings. The Morgan fingerprint density at radius 3 is 2.82 bits per heavy atom. The number of anilines is 4. The summed E-state index contributed by atoms with van der Waals surface area (Å²) in [6, 6.07) is 7.41. The van der Waals surface area contributed by atoms with Gasteiger partial charge in [0.25, 0.3) is 0 Å². The van der Waals surface area contributed by atoms with Crippen molar-refractivity contribution in [2.24, 2.45) is 0 Å². The van der Waals surface area contributed by atoms with E-state index in [-0.39, 0.29) is 12.1 Å². The van der Waals surface area contributed by atoms with E-state index in [0.29, 0.717) is 29.5 Å². The number of carbonyl (C=O) groups is 1. The second kappa shape index (κ2) is 9.41. The first kappa shape index (κ1) is 19.9. The smallest absolute Gasteiger partial charge is 0.321 e. The van der Waals surface area contributed by atoms with Crippen LogP contribution in [-0.4, -0.2) is 61.6 Å². The molecule has 28 heavy (non-hydrogen) atoms. The van der Waals surface area contributed by atoms with Crippen LogP contribution in [0.3, 0.4) is 0 Å². The van der Waals surface area contributed by atoms with Gasteiger partial charge in [0.05, 0.1) is 6.61 Å². The molecule has 3 N–H and O–H groups in total. The summed E-state index contributed by atoms with van der Waals surface area (Å²) in [6.07, 6.45) is 3.67. The van der Waals surface area contributed by atoms with E-state index >= 15 is 0 Å². The molecule has 8 nitrogen and oxygen atoms in total. The van der Waals surface area contributed by atoms with Crippen molar-refractivity contribution in [2.45, 2.75) is 25.8 Å². The molecule has 0 bridgehead atoms. The van der Waals surface area contributed by atoms with Crippen LogP contribution in [0.2, 0.25) is 0 Å². The molecule has 1 aliphatic heterocycles. The number of ether oxygens (including phenoxy) is 1. The maximum absolute atomic E-state index is 12.3. The Hall–Kier alpha value is -2.81. The molecule has 0 spiro atoms. The van der Waals surface area contributed by atoms with E-state index in [1.165, 1.54) is 0 Å². The molecule has 2 radical (unpaired) electrons. The minimum Gasteiger partial charge on any atom is -0.383 e. The summed E-state index contributed by atoms with van der Waals surface area (Å²) >= 11 is 0. The van der Waals surface area contributed by atoms with E-state index in [0.717, 1.165) is 31.6 Å². The summed E-state index contributed by atoms with van der Waals surface area (Å²) in [6.45, 7) is 4.12. The maximum atomic E-state index is 12.3. The monoisotopic (exact) mass is 380 g/mol. The summed E-state index contributed by atoms with van der Waals surface area (Å²) in [7, 11) is 7.60.